The summed E-state index contributed by atoms with van der Waals surface area (Å²) in [6.07, 6.45) is 1.86. The van der Waals surface area contributed by atoms with E-state index in [9.17, 15) is 4.39 Å². The molecule has 12 heavy (non-hydrogen) atoms. The van der Waals surface area contributed by atoms with Crippen molar-refractivity contribution in [2.45, 2.75) is 39.3 Å². The second kappa shape index (κ2) is 3.73. The van der Waals surface area contributed by atoms with Crippen LogP contribution in [0.4, 0.5) is 4.39 Å². The molecule has 0 bridgehead atoms. The van der Waals surface area contributed by atoms with E-state index in [0.29, 0.717) is 6.54 Å². The number of alkyl halides is 1. The molecule has 0 aromatic heterocycles. The van der Waals surface area contributed by atoms with Gasteiger partial charge in [0, 0.05) is 13.1 Å². The molecule has 1 nitrogen and oxygen atoms in total. The highest BCUT2D eigenvalue weighted by Crippen LogP contribution is 2.32. The molecule has 1 aliphatic heterocycles. The van der Waals surface area contributed by atoms with Gasteiger partial charge in [-0.15, -0.1) is 0 Å². The average molecular weight is 173 g/mol. The molecule has 0 amide bonds. The first-order valence-electron chi connectivity index (χ1n) is 5.00. The van der Waals surface area contributed by atoms with E-state index in [1.165, 1.54) is 0 Å². The van der Waals surface area contributed by atoms with E-state index < -0.39 is 5.67 Å². The Bertz CT molecular complexity index is 147. The lowest BCUT2D eigenvalue weighted by Gasteiger charge is -2.24. The summed E-state index contributed by atoms with van der Waals surface area (Å²) in [5.41, 5.74) is -0.908. The molecule has 1 fully saturated rings. The van der Waals surface area contributed by atoms with Crippen LogP contribution in [-0.4, -0.2) is 30.2 Å². The normalized spacial score (nSPS) is 31.8. The quantitative estimate of drug-likeness (QED) is 0.633. The van der Waals surface area contributed by atoms with E-state index in [2.05, 4.69) is 11.8 Å². The van der Waals surface area contributed by atoms with Gasteiger partial charge < -0.3 is 4.90 Å². The number of hydrogen-bond acceptors (Lipinski definition) is 1. The minimum Gasteiger partial charge on any atom is -0.300 e. The van der Waals surface area contributed by atoms with E-state index in [-0.39, 0.29) is 5.92 Å². The zero-order chi connectivity index (χ0) is 9.19. The second-order valence-electron chi connectivity index (χ2n) is 4.22. The van der Waals surface area contributed by atoms with Crippen molar-refractivity contribution in [1.29, 1.82) is 0 Å². The summed E-state index contributed by atoms with van der Waals surface area (Å²) in [5, 5.41) is 0. The molecule has 0 aliphatic carbocycles. The fraction of sp³-hybridized carbons (Fsp3) is 1.00. The van der Waals surface area contributed by atoms with Crippen molar-refractivity contribution in [2.75, 3.05) is 19.6 Å². The minimum atomic E-state index is -0.908. The van der Waals surface area contributed by atoms with Gasteiger partial charge in [0.2, 0.25) is 0 Å². The summed E-state index contributed by atoms with van der Waals surface area (Å²) < 4.78 is 14.0. The maximum absolute atomic E-state index is 14.0. The van der Waals surface area contributed by atoms with Crippen molar-refractivity contribution in [3.63, 3.8) is 0 Å². The van der Waals surface area contributed by atoms with Gasteiger partial charge in [0.15, 0.2) is 0 Å². The molecule has 0 N–H and O–H groups in total. The molecule has 1 aliphatic rings. The Balaban J connectivity index is 2.43. The van der Waals surface area contributed by atoms with Gasteiger partial charge in [-0.2, -0.15) is 0 Å². The zero-order valence-corrected chi connectivity index (χ0v) is 8.44. The van der Waals surface area contributed by atoms with Crippen LogP contribution in [0.15, 0.2) is 0 Å². The third kappa shape index (κ3) is 1.98. The lowest BCUT2D eigenvalue weighted by Crippen LogP contribution is -2.34. The number of halogens is 1. The molecule has 1 unspecified atom stereocenters. The molecule has 0 radical (unpaired) electrons. The summed E-state index contributed by atoms with van der Waals surface area (Å²) in [7, 11) is 0. The molecule has 72 valence electrons. The Kier molecular flexibility index (Phi) is 3.10. The van der Waals surface area contributed by atoms with Crippen LogP contribution >= 0.6 is 0 Å². The van der Waals surface area contributed by atoms with Crippen LogP contribution in [0.5, 0.6) is 0 Å². The van der Waals surface area contributed by atoms with E-state index in [4.69, 9.17) is 0 Å². The van der Waals surface area contributed by atoms with Crippen LogP contribution in [0.3, 0.4) is 0 Å². The van der Waals surface area contributed by atoms with Crippen LogP contribution < -0.4 is 0 Å². The molecule has 1 atom stereocenters. The highest BCUT2D eigenvalue weighted by molar-refractivity contribution is 4.92. The first-order chi connectivity index (χ1) is 5.58. The summed E-state index contributed by atoms with van der Waals surface area (Å²) in [4.78, 5) is 2.24. The molecule has 1 heterocycles. The predicted molar refractivity (Wildman–Crippen MR) is 50.0 cm³/mol. The lowest BCUT2D eigenvalue weighted by atomic mass is 9.92. The first-order valence-corrected chi connectivity index (χ1v) is 5.00. The van der Waals surface area contributed by atoms with Crippen molar-refractivity contribution in [3.8, 4) is 0 Å². The lowest BCUT2D eigenvalue weighted by molar-refractivity contribution is 0.108. The van der Waals surface area contributed by atoms with Gasteiger partial charge in [0.1, 0.15) is 5.67 Å². The fourth-order valence-corrected chi connectivity index (χ4v) is 1.85. The highest BCUT2D eigenvalue weighted by atomic mass is 19.1. The number of hydrogen-bond donors (Lipinski definition) is 0. The molecule has 0 aromatic rings. The Morgan fingerprint density at radius 1 is 1.50 bits per heavy atom. The predicted octanol–water partition coefficient (Wildman–Crippen LogP) is 2.47. The van der Waals surface area contributed by atoms with Crippen molar-refractivity contribution in [1.82, 2.24) is 4.90 Å². The van der Waals surface area contributed by atoms with Gasteiger partial charge in [-0.3, -0.25) is 0 Å². The highest BCUT2D eigenvalue weighted by Gasteiger charge is 2.40. The van der Waals surface area contributed by atoms with Gasteiger partial charge in [-0.1, -0.05) is 20.8 Å². The van der Waals surface area contributed by atoms with Gasteiger partial charge in [0.05, 0.1) is 0 Å². The number of likely N-dealkylation sites (tertiary alicyclic amines) is 1. The van der Waals surface area contributed by atoms with Crippen molar-refractivity contribution in [3.05, 3.63) is 0 Å². The van der Waals surface area contributed by atoms with E-state index in [1.54, 1.807) is 0 Å². The molecule has 0 aromatic carbocycles. The Hall–Kier alpha value is -0.110. The largest absolute Gasteiger partial charge is 0.300 e. The maximum atomic E-state index is 14.0. The van der Waals surface area contributed by atoms with Crippen LogP contribution in [0.1, 0.15) is 33.6 Å². The molecular weight excluding hydrogens is 153 g/mol. The van der Waals surface area contributed by atoms with Crippen LogP contribution in [0.25, 0.3) is 0 Å². The maximum Gasteiger partial charge on any atom is 0.127 e. The molecule has 1 saturated heterocycles. The van der Waals surface area contributed by atoms with Crippen LogP contribution in [0, 0.1) is 5.92 Å². The summed E-state index contributed by atoms with van der Waals surface area (Å²) >= 11 is 0. The fourth-order valence-electron chi connectivity index (χ4n) is 1.85. The van der Waals surface area contributed by atoms with Gasteiger partial charge in [-0.25, -0.2) is 4.39 Å². The summed E-state index contributed by atoms with van der Waals surface area (Å²) in [5.74, 6) is 0.166. The Morgan fingerprint density at radius 2 is 2.17 bits per heavy atom. The van der Waals surface area contributed by atoms with Gasteiger partial charge in [-0.05, 0) is 25.3 Å². The first kappa shape index (κ1) is 9.97. The minimum absolute atomic E-state index is 0.166. The summed E-state index contributed by atoms with van der Waals surface area (Å²) in [6, 6.07) is 0. The number of rotatable bonds is 3. The standard InChI is InChI=1S/C10H20FN/c1-4-6-12-7-5-10(11,8-12)9(2)3/h9H,4-8H2,1-3H3. The SMILES string of the molecule is CCCN1CCC(F)(C(C)C)C1. The third-order valence-electron chi connectivity index (χ3n) is 2.90. The Labute approximate surface area is 74.9 Å². The molecular formula is C10H20FN. The second-order valence-corrected chi connectivity index (χ2v) is 4.22. The average Bonchev–Trinajstić information content (AvgIpc) is 2.34. The van der Waals surface area contributed by atoms with E-state index in [0.717, 1.165) is 25.9 Å². The van der Waals surface area contributed by atoms with Crippen LogP contribution in [0.2, 0.25) is 0 Å². The van der Waals surface area contributed by atoms with Crippen molar-refractivity contribution >= 4 is 0 Å². The Morgan fingerprint density at radius 3 is 2.58 bits per heavy atom. The van der Waals surface area contributed by atoms with E-state index >= 15 is 0 Å². The summed E-state index contributed by atoms with van der Waals surface area (Å²) in [6.45, 7) is 8.76. The number of nitrogens with zero attached hydrogens (tertiary/aromatic N) is 1. The molecule has 1 rings (SSSR count). The molecule has 0 saturated carbocycles. The van der Waals surface area contributed by atoms with Crippen LogP contribution in [-0.2, 0) is 0 Å². The molecule has 2 heteroatoms. The zero-order valence-electron chi connectivity index (χ0n) is 8.44. The topological polar surface area (TPSA) is 3.24 Å². The van der Waals surface area contributed by atoms with E-state index in [1.807, 2.05) is 13.8 Å². The van der Waals surface area contributed by atoms with Crippen molar-refractivity contribution in [2.24, 2.45) is 5.92 Å². The smallest absolute Gasteiger partial charge is 0.127 e. The van der Waals surface area contributed by atoms with Gasteiger partial charge >= 0.3 is 0 Å². The molecule has 0 spiro atoms. The van der Waals surface area contributed by atoms with Crippen molar-refractivity contribution < 1.29 is 4.39 Å². The van der Waals surface area contributed by atoms with Gasteiger partial charge in [0.25, 0.3) is 0 Å². The third-order valence-corrected chi connectivity index (χ3v) is 2.90. The monoisotopic (exact) mass is 173 g/mol.